The quantitative estimate of drug-likeness (QED) is 0.0798. The molecule has 0 radical (unpaired) electrons. The molecule has 12 aromatic rings. The second-order valence-electron chi connectivity index (χ2n) is 26.7. The third-order valence-electron chi connectivity index (χ3n) is 18.9. The molecule has 0 atom stereocenters. The van der Waals surface area contributed by atoms with Crippen LogP contribution in [0, 0.1) is 0 Å². The molecule has 0 saturated carbocycles. The minimum atomic E-state index is -0.923. The number of carboxylic acid groups (broad SMARTS) is 3. The van der Waals surface area contributed by atoms with Gasteiger partial charge in [-0.25, -0.2) is 0 Å². The van der Waals surface area contributed by atoms with Crippen molar-refractivity contribution in [3.8, 4) is 0 Å². The number of rotatable bonds is 1. The maximum Gasteiger partial charge on any atom is 0.404 e. The number of carbonyl (C=O) groups excluding carboxylic acids is 5. The standard InChI is InChI=1S/2C33H16N8.4C2H5NO.4C2H4O2/c2*1-2-10-18-17(9-1)25-34-27-19-11-3-4-12-20(19)29-36-31-23-15-7-8-16-24(23)32-37-30-22-14-6-5-13-21(22)28-35-26(18)38(25)33(39(27)29,40(28)30)41(31)32;4*1-2(3)4;1-4-2-3;3*1-2(3)4/h2*1-16H;4*1H3,(H2,3,4);2H,1H3;3*1H3,(H,3,4)/q2*+2;;;;;;;;. The number of primary amides is 4. The second-order valence-corrected chi connectivity index (χ2v) is 26.7. The highest BCUT2D eigenvalue weighted by Crippen LogP contribution is 2.55. The summed E-state index contributed by atoms with van der Waals surface area (Å²) in [6.45, 7) is 8.85. The predicted molar refractivity (Wildman–Crippen MR) is 420 cm³/mol. The summed E-state index contributed by atoms with van der Waals surface area (Å²) in [5.41, 5.74) is 30.1. The summed E-state index contributed by atoms with van der Waals surface area (Å²) in [7, 11) is 1.31. The normalized spacial score (nSPS) is 15.0. The van der Waals surface area contributed by atoms with Crippen LogP contribution in [-0.4, -0.2) is 154 Å². The third kappa shape index (κ3) is 11.0. The second kappa shape index (κ2) is 28.0. The molecule has 8 aromatic carbocycles. The molecule has 4 aromatic heterocycles. The lowest BCUT2D eigenvalue weighted by Gasteiger charge is -2.40. The number of amidine groups is 8. The number of aromatic nitrogens is 4. The van der Waals surface area contributed by atoms with Gasteiger partial charge in [-0.3, -0.25) is 38.4 Å². The maximum absolute atomic E-state index is 9.22. The number of ether oxygens (including phenoxy) is 1. The molecule has 0 fully saturated rings. The molecule has 32 heteroatoms. The fraction of sp³-hybridized carbons (Fsp3) is 0.122. The Morgan fingerprint density at radius 3 is 0.640 bits per heavy atom. The average Bonchev–Trinajstić information content (AvgIpc) is 1.46. The minimum Gasteiger partial charge on any atom is -0.481 e. The van der Waals surface area contributed by atoms with E-state index in [1.54, 1.807) is 0 Å². The highest BCUT2D eigenvalue weighted by Gasteiger charge is 2.72. The lowest BCUT2D eigenvalue weighted by atomic mass is 10.1. The predicted octanol–water partition coefficient (Wildman–Crippen LogP) is 5.44. The number of amides is 4. The van der Waals surface area contributed by atoms with E-state index in [2.05, 4.69) is 258 Å². The fourth-order valence-corrected chi connectivity index (χ4v) is 15.8. The Balaban J connectivity index is 0.000000131. The van der Waals surface area contributed by atoms with E-state index < -0.39 is 29.7 Å². The van der Waals surface area contributed by atoms with Crippen molar-refractivity contribution in [2.75, 3.05) is 7.11 Å². The third-order valence-corrected chi connectivity index (χ3v) is 18.9. The molecule has 0 unspecified atom stereocenters. The van der Waals surface area contributed by atoms with E-state index in [0.717, 1.165) is 200 Å². The van der Waals surface area contributed by atoms with Gasteiger partial charge in [-0.05, 0) is 97.1 Å². The molecule has 12 aliphatic heterocycles. The molecule has 24 rings (SSSR count). The van der Waals surface area contributed by atoms with E-state index >= 15 is 0 Å². The van der Waals surface area contributed by atoms with Gasteiger partial charge in [0.15, 0.2) is 0 Å². The van der Waals surface area contributed by atoms with Gasteiger partial charge in [0.1, 0.15) is 0 Å². The van der Waals surface area contributed by atoms with Crippen LogP contribution >= 0.6 is 0 Å². The van der Waals surface area contributed by atoms with Crippen molar-refractivity contribution in [3.63, 3.8) is 0 Å². The van der Waals surface area contributed by atoms with Gasteiger partial charge in [-0.15, -0.1) is 18.3 Å². The number of hydrogen-bond donors (Lipinski definition) is 7. The number of hydrogen-bond acceptors (Lipinski definition) is 17. The van der Waals surface area contributed by atoms with Crippen LogP contribution in [0.25, 0.3) is 43.1 Å². The lowest BCUT2D eigenvalue weighted by molar-refractivity contribution is -0.791. The summed E-state index contributed by atoms with van der Waals surface area (Å²) in [6, 6.07) is 68.0. The van der Waals surface area contributed by atoms with Gasteiger partial charge < -0.3 is 43.0 Å². The Morgan fingerprint density at radius 2 is 0.465 bits per heavy atom. The Bertz CT molecular complexity index is 6120. The largest absolute Gasteiger partial charge is 0.481 e. The van der Waals surface area contributed by atoms with E-state index in [1.165, 1.54) is 34.8 Å². The number of methoxy groups -OCH3 is 1. The van der Waals surface area contributed by atoms with Crippen molar-refractivity contribution in [2.24, 2.45) is 62.9 Å². The van der Waals surface area contributed by atoms with Gasteiger partial charge >= 0.3 is 11.8 Å². The van der Waals surface area contributed by atoms with Gasteiger partial charge in [0, 0.05) is 91.6 Å². The van der Waals surface area contributed by atoms with Crippen LogP contribution in [0.5, 0.6) is 0 Å². The first-order chi connectivity index (χ1) is 54.7. The van der Waals surface area contributed by atoms with Crippen LogP contribution in [0.2, 0.25) is 0 Å². The molecule has 12 aliphatic rings. The van der Waals surface area contributed by atoms with Crippen LogP contribution in [-0.2, 0) is 54.9 Å². The topological polar surface area (TPSA) is 441 Å². The number of carbonyl (C=O) groups is 8. The zero-order chi connectivity index (χ0) is 80.8. The molecular formula is C82H68N20O12+4. The van der Waals surface area contributed by atoms with Crippen LogP contribution in [0.15, 0.2) is 234 Å². The van der Waals surface area contributed by atoms with Crippen molar-refractivity contribution < 1.29 is 76.7 Å². The van der Waals surface area contributed by atoms with Crippen molar-refractivity contribution >= 4 is 161 Å². The Kier molecular flexibility index (Phi) is 18.1. The van der Waals surface area contributed by atoms with Crippen LogP contribution < -0.4 is 44.9 Å². The summed E-state index contributed by atoms with van der Waals surface area (Å²) >= 11 is 0. The van der Waals surface area contributed by atoms with Gasteiger partial charge in [0.05, 0.1) is 51.6 Å². The summed E-state index contributed by atoms with van der Waals surface area (Å²) in [5, 5.41) is 30.9. The first-order valence-electron chi connectivity index (χ1n) is 35.2. The molecule has 564 valence electrons. The fourth-order valence-electron chi connectivity index (χ4n) is 15.8. The first kappa shape index (κ1) is 73.7. The number of carboxylic acids is 3. The molecule has 0 bridgehead atoms. The Labute approximate surface area is 643 Å². The maximum atomic E-state index is 9.22. The van der Waals surface area contributed by atoms with Crippen molar-refractivity contribution in [2.45, 2.75) is 60.3 Å². The number of nitrogens with zero attached hydrogens (tertiary/aromatic N) is 16. The van der Waals surface area contributed by atoms with E-state index in [9.17, 15) is 19.2 Å². The number of nitrogens with two attached hydrogens (primary N) is 4. The number of benzene rings is 8. The SMILES string of the molecule is CC(=O)O.CC(=O)O.CC(=O)O.CC(N)=O.CC(N)=O.CC(N)=O.CC(N)=O.COC=O.c1ccc2c(c1)C1=Nc3c4ccccc4c4n3C35n6c(c7ccccc7c6=NC6=[N+]3C(=N4)c3ccccc36)=NC2=[N+]15.c1ccc2c(c1)C1=Nc3c4ccccc4c4n3C35n6c(c7ccccc7c6=NC6=[N+]3C(=N4)c3ccccc36)=NC2=[N+]15. The highest BCUT2D eigenvalue weighted by molar-refractivity contribution is 6.22. The van der Waals surface area contributed by atoms with Gasteiger partial charge in [-0.1, -0.05) is 137 Å². The smallest absolute Gasteiger partial charge is 0.404 e. The summed E-state index contributed by atoms with van der Waals surface area (Å²) in [4.78, 5) is 116. The lowest BCUT2D eigenvalue weighted by Crippen LogP contribution is -2.71. The summed E-state index contributed by atoms with van der Waals surface area (Å²) < 4.78 is 22.5. The monoisotopic (exact) mass is 1520 g/mol. The Hall–Kier alpha value is -15.8. The molecule has 32 nitrogen and oxygen atoms in total. The van der Waals surface area contributed by atoms with Gasteiger partial charge in [0.25, 0.3) is 71.1 Å². The first-order valence-corrected chi connectivity index (χ1v) is 35.2. The number of aliphatic carboxylic acids is 3. The average molecular weight is 1530 g/mol. The molecular weight excluding hydrogens is 1460 g/mol. The van der Waals surface area contributed by atoms with Crippen LogP contribution in [0.1, 0.15) is 93.0 Å². The van der Waals surface area contributed by atoms with E-state index in [4.69, 9.17) is 74.4 Å². The van der Waals surface area contributed by atoms with E-state index in [-0.39, 0.29) is 23.6 Å². The number of aliphatic imine (C=N–C) groups is 4. The van der Waals surface area contributed by atoms with Crippen molar-refractivity contribution in [3.05, 3.63) is 261 Å². The summed E-state index contributed by atoms with van der Waals surface area (Å²) in [5.74, 6) is 5.09. The Morgan fingerprint density at radius 1 is 0.307 bits per heavy atom. The van der Waals surface area contributed by atoms with Crippen molar-refractivity contribution in [1.29, 1.82) is 0 Å². The van der Waals surface area contributed by atoms with Crippen LogP contribution in [0.4, 0.5) is 23.3 Å². The van der Waals surface area contributed by atoms with Gasteiger partial charge in [0.2, 0.25) is 68.9 Å². The van der Waals surface area contributed by atoms with Gasteiger partial charge in [-0.2, -0.15) is 18.3 Å². The molecule has 16 heterocycles. The zero-order valence-corrected chi connectivity index (χ0v) is 62.0. The molecule has 11 N–H and O–H groups in total. The molecule has 0 aliphatic carbocycles. The molecule has 114 heavy (non-hydrogen) atoms. The van der Waals surface area contributed by atoms with E-state index in [1.807, 2.05) is 0 Å². The van der Waals surface area contributed by atoms with E-state index in [0.29, 0.717) is 6.47 Å². The summed E-state index contributed by atoms with van der Waals surface area (Å²) in [6.07, 6.45) is 0. The van der Waals surface area contributed by atoms with Crippen molar-refractivity contribution in [1.82, 2.24) is 18.3 Å². The minimum absolute atomic E-state index is 0.333. The highest BCUT2D eigenvalue weighted by atomic mass is 16.5. The molecule has 4 amide bonds. The van der Waals surface area contributed by atoms with Crippen LogP contribution in [0.3, 0.4) is 0 Å². The number of fused-ring (bicyclic) bond motifs is 24. The zero-order valence-electron chi connectivity index (χ0n) is 62.0. The molecule has 2 spiro atoms. The molecule has 0 saturated heterocycles.